The first kappa shape index (κ1) is 20.0. The number of carboxylic acids is 1. The number of nitrogens with zero attached hydrogens (tertiary/aromatic N) is 1. The van der Waals surface area contributed by atoms with Crippen molar-refractivity contribution in [3.05, 3.63) is 88.9 Å². The largest absolute Gasteiger partial charge is 0.507 e. The zero-order chi connectivity index (χ0) is 21.3. The number of rotatable bonds is 4. The van der Waals surface area contributed by atoms with E-state index >= 15 is 0 Å². The standard InChI is InChI=1S/C24H20ClNO4/c25-19-9-5-4-8-18(19)20-12-13-21(24(29)30)26(20)23(28)16-10-11-17(22(27)14-16)15-6-2-1-3-7-15/h1-11,14,20-21,27H,12-13H2,(H,29,30)/t20-,21+/m1/s1. The van der Waals surface area contributed by atoms with E-state index in [0.717, 1.165) is 11.1 Å². The van der Waals surface area contributed by atoms with Gasteiger partial charge in [-0.05, 0) is 48.2 Å². The van der Waals surface area contributed by atoms with E-state index in [1.54, 1.807) is 24.3 Å². The second kappa shape index (κ2) is 8.20. The Morgan fingerprint density at radius 2 is 1.63 bits per heavy atom. The van der Waals surface area contributed by atoms with Crippen molar-refractivity contribution >= 4 is 23.5 Å². The van der Waals surface area contributed by atoms with Gasteiger partial charge < -0.3 is 15.1 Å². The molecular formula is C24H20ClNO4. The zero-order valence-electron chi connectivity index (χ0n) is 16.0. The third kappa shape index (κ3) is 3.64. The number of aliphatic carboxylic acids is 1. The molecule has 1 fully saturated rings. The maximum atomic E-state index is 13.4. The number of phenolic OH excluding ortho intramolecular Hbond substituents is 1. The Balaban J connectivity index is 1.71. The first-order valence-electron chi connectivity index (χ1n) is 9.65. The van der Waals surface area contributed by atoms with Gasteiger partial charge in [0.2, 0.25) is 0 Å². The first-order valence-corrected chi connectivity index (χ1v) is 10.0. The fourth-order valence-electron chi connectivity index (χ4n) is 4.06. The molecule has 2 N–H and O–H groups in total. The number of aromatic hydroxyl groups is 1. The average molecular weight is 422 g/mol. The predicted octanol–water partition coefficient (Wildman–Crippen LogP) is 5.14. The molecule has 3 aromatic carbocycles. The molecule has 3 aromatic rings. The van der Waals surface area contributed by atoms with Crippen LogP contribution in [0, 0.1) is 0 Å². The van der Waals surface area contributed by atoms with Crippen LogP contribution in [0.15, 0.2) is 72.8 Å². The van der Waals surface area contributed by atoms with E-state index in [0.29, 0.717) is 23.4 Å². The monoisotopic (exact) mass is 421 g/mol. The maximum absolute atomic E-state index is 13.4. The normalized spacial score (nSPS) is 18.4. The van der Waals surface area contributed by atoms with Gasteiger partial charge in [-0.25, -0.2) is 4.79 Å². The van der Waals surface area contributed by atoms with Crippen LogP contribution in [0.3, 0.4) is 0 Å². The molecular weight excluding hydrogens is 402 g/mol. The zero-order valence-corrected chi connectivity index (χ0v) is 16.8. The fraction of sp³-hybridized carbons (Fsp3) is 0.167. The van der Waals surface area contributed by atoms with Crippen LogP contribution in [0.5, 0.6) is 5.75 Å². The number of phenols is 1. The summed E-state index contributed by atoms with van der Waals surface area (Å²) in [7, 11) is 0. The lowest BCUT2D eigenvalue weighted by Crippen LogP contribution is -2.41. The first-order chi connectivity index (χ1) is 14.5. The van der Waals surface area contributed by atoms with Crippen molar-refractivity contribution in [1.29, 1.82) is 0 Å². The maximum Gasteiger partial charge on any atom is 0.326 e. The molecule has 2 atom stereocenters. The van der Waals surface area contributed by atoms with Gasteiger partial charge in [-0.1, -0.05) is 60.1 Å². The summed E-state index contributed by atoms with van der Waals surface area (Å²) in [5.41, 5.74) is 2.39. The quantitative estimate of drug-likeness (QED) is 0.611. The molecule has 0 saturated carbocycles. The fourth-order valence-corrected chi connectivity index (χ4v) is 4.32. The predicted molar refractivity (Wildman–Crippen MR) is 115 cm³/mol. The summed E-state index contributed by atoms with van der Waals surface area (Å²) in [6.45, 7) is 0. The highest BCUT2D eigenvalue weighted by atomic mass is 35.5. The average Bonchev–Trinajstić information content (AvgIpc) is 3.19. The van der Waals surface area contributed by atoms with Crippen molar-refractivity contribution in [2.45, 2.75) is 24.9 Å². The summed E-state index contributed by atoms with van der Waals surface area (Å²) in [5, 5.41) is 20.7. The number of hydrogen-bond acceptors (Lipinski definition) is 3. The van der Waals surface area contributed by atoms with Gasteiger partial charge in [0, 0.05) is 16.1 Å². The lowest BCUT2D eigenvalue weighted by molar-refractivity contribution is -0.141. The SMILES string of the molecule is O=C(O)[C@@H]1CC[C@H](c2ccccc2Cl)N1C(=O)c1ccc(-c2ccccc2)c(O)c1. The smallest absolute Gasteiger partial charge is 0.326 e. The van der Waals surface area contributed by atoms with Gasteiger partial charge in [-0.3, -0.25) is 4.79 Å². The number of carboxylic acid groups (broad SMARTS) is 1. The van der Waals surface area contributed by atoms with Gasteiger partial charge in [0.05, 0.1) is 6.04 Å². The molecule has 4 rings (SSSR count). The summed E-state index contributed by atoms with van der Waals surface area (Å²) in [6, 6.07) is 19.8. The minimum atomic E-state index is -1.05. The number of carbonyl (C=O) groups is 2. The van der Waals surface area contributed by atoms with Crippen LogP contribution in [-0.4, -0.2) is 33.0 Å². The molecule has 30 heavy (non-hydrogen) atoms. The highest BCUT2D eigenvalue weighted by Gasteiger charge is 2.42. The second-order valence-electron chi connectivity index (χ2n) is 7.28. The van der Waals surface area contributed by atoms with Crippen molar-refractivity contribution in [2.75, 3.05) is 0 Å². The van der Waals surface area contributed by atoms with Crippen molar-refractivity contribution in [2.24, 2.45) is 0 Å². The van der Waals surface area contributed by atoms with E-state index in [1.807, 2.05) is 42.5 Å². The van der Waals surface area contributed by atoms with Crippen LogP contribution in [0.2, 0.25) is 5.02 Å². The van der Waals surface area contributed by atoms with E-state index in [2.05, 4.69) is 0 Å². The number of benzene rings is 3. The Morgan fingerprint density at radius 3 is 2.30 bits per heavy atom. The molecule has 0 bridgehead atoms. The van der Waals surface area contributed by atoms with Crippen LogP contribution >= 0.6 is 11.6 Å². The minimum absolute atomic E-state index is 0.0348. The van der Waals surface area contributed by atoms with E-state index in [-0.39, 0.29) is 11.3 Å². The molecule has 5 nitrogen and oxygen atoms in total. The number of carbonyl (C=O) groups excluding carboxylic acids is 1. The molecule has 6 heteroatoms. The van der Waals surface area contributed by atoms with Crippen LogP contribution in [0.1, 0.15) is 34.8 Å². The molecule has 152 valence electrons. The number of likely N-dealkylation sites (tertiary alicyclic amines) is 1. The molecule has 1 amide bonds. The molecule has 1 saturated heterocycles. The Labute approximate surface area is 179 Å². The van der Waals surface area contributed by atoms with Crippen LogP contribution < -0.4 is 0 Å². The minimum Gasteiger partial charge on any atom is -0.507 e. The molecule has 1 aliphatic heterocycles. The van der Waals surface area contributed by atoms with Crippen molar-refractivity contribution in [1.82, 2.24) is 4.90 Å². The van der Waals surface area contributed by atoms with E-state index < -0.39 is 24.0 Å². The summed E-state index contributed by atoms with van der Waals surface area (Å²) in [4.78, 5) is 26.6. The summed E-state index contributed by atoms with van der Waals surface area (Å²) in [6.07, 6.45) is 0.839. The van der Waals surface area contributed by atoms with Gasteiger partial charge in [-0.2, -0.15) is 0 Å². The molecule has 1 heterocycles. The van der Waals surface area contributed by atoms with Crippen molar-refractivity contribution in [3.63, 3.8) is 0 Å². The Morgan fingerprint density at radius 1 is 0.933 bits per heavy atom. The lowest BCUT2D eigenvalue weighted by Gasteiger charge is -2.29. The van der Waals surface area contributed by atoms with Crippen LogP contribution in [0.4, 0.5) is 0 Å². The van der Waals surface area contributed by atoms with Gasteiger partial charge >= 0.3 is 5.97 Å². The van der Waals surface area contributed by atoms with E-state index in [1.165, 1.54) is 11.0 Å². The van der Waals surface area contributed by atoms with E-state index in [9.17, 15) is 19.8 Å². The van der Waals surface area contributed by atoms with Gasteiger partial charge in [0.25, 0.3) is 5.91 Å². The van der Waals surface area contributed by atoms with Crippen LogP contribution in [-0.2, 0) is 4.79 Å². The molecule has 0 spiro atoms. The van der Waals surface area contributed by atoms with Crippen molar-refractivity contribution in [3.8, 4) is 16.9 Å². The third-order valence-electron chi connectivity index (χ3n) is 5.50. The molecule has 0 aromatic heterocycles. The number of hydrogen-bond donors (Lipinski definition) is 2. The number of halogens is 1. The van der Waals surface area contributed by atoms with Crippen LogP contribution in [0.25, 0.3) is 11.1 Å². The molecule has 0 radical (unpaired) electrons. The molecule has 0 aliphatic carbocycles. The summed E-state index contributed by atoms with van der Waals surface area (Å²) in [5.74, 6) is -1.53. The lowest BCUT2D eigenvalue weighted by atomic mass is 10.0. The topological polar surface area (TPSA) is 77.8 Å². The summed E-state index contributed by atoms with van der Waals surface area (Å²) < 4.78 is 0. The van der Waals surface area contributed by atoms with E-state index in [4.69, 9.17) is 11.6 Å². The third-order valence-corrected chi connectivity index (χ3v) is 5.84. The van der Waals surface area contributed by atoms with Gasteiger partial charge in [0.1, 0.15) is 11.8 Å². The molecule has 0 unspecified atom stereocenters. The van der Waals surface area contributed by atoms with Crippen molar-refractivity contribution < 1.29 is 19.8 Å². The van der Waals surface area contributed by atoms with Gasteiger partial charge in [0.15, 0.2) is 0 Å². The Bertz CT molecular complexity index is 1100. The molecule has 1 aliphatic rings. The Hall–Kier alpha value is -3.31. The highest BCUT2D eigenvalue weighted by Crippen LogP contribution is 2.40. The second-order valence-corrected chi connectivity index (χ2v) is 7.69. The highest BCUT2D eigenvalue weighted by molar-refractivity contribution is 6.31. The number of amides is 1. The van der Waals surface area contributed by atoms with Gasteiger partial charge in [-0.15, -0.1) is 0 Å². The Kier molecular flexibility index (Phi) is 5.46. The summed E-state index contributed by atoms with van der Waals surface area (Å²) >= 11 is 6.34.